The average molecular weight is 385 g/mol. The summed E-state index contributed by atoms with van der Waals surface area (Å²) in [5, 5.41) is 14.6. The Kier molecular flexibility index (Phi) is 6.60. The summed E-state index contributed by atoms with van der Waals surface area (Å²) in [5.41, 5.74) is 2.29. The van der Waals surface area contributed by atoms with Gasteiger partial charge in [0.25, 0.3) is 0 Å². The van der Waals surface area contributed by atoms with E-state index in [1.165, 1.54) is 12.1 Å². The van der Waals surface area contributed by atoms with E-state index in [0.29, 0.717) is 31.7 Å². The fourth-order valence-corrected chi connectivity index (χ4v) is 3.16. The molecule has 0 spiro atoms. The van der Waals surface area contributed by atoms with Gasteiger partial charge in [0, 0.05) is 37.8 Å². The van der Waals surface area contributed by atoms with Gasteiger partial charge in [0.2, 0.25) is 5.91 Å². The van der Waals surface area contributed by atoms with Gasteiger partial charge in [-0.25, -0.2) is 9.18 Å². The molecular formula is C21H24FN3O3. The molecular weight excluding hydrogens is 361 g/mol. The van der Waals surface area contributed by atoms with Crippen molar-refractivity contribution in [2.45, 2.75) is 19.4 Å². The van der Waals surface area contributed by atoms with Gasteiger partial charge in [-0.1, -0.05) is 24.3 Å². The van der Waals surface area contributed by atoms with Crippen LogP contribution in [0.5, 0.6) is 0 Å². The van der Waals surface area contributed by atoms with Crippen LogP contribution in [0.1, 0.15) is 17.5 Å². The Morgan fingerprint density at radius 2 is 1.75 bits per heavy atom. The first-order chi connectivity index (χ1) is 13.5. The Labute approximate surface area is 163 Å². The summed E-state index contributed by atoms with van der Waals surface area (Å²) in [7, 11) is 0. The van der Waals surface area contributed by atoms with Crippen molar-refractivity contribution in [3.63, 3.8) is 0 Å². The summed E-state index contributed by atoms with van der Waals surface area (Å²) in [6, 6.07) is 12.7. The molecule has 1 fully saturated rings. The van der Waals surface area contributed by atoms with Gasteiger partial charge in [-0.3, -0.25) is 4.79 Å². The van der Waals surface area contributed by atoms with Crippen LogP contribution in [0.15, 0.2) is 48.5 Å². The molecule has 0 bridgehead atoms. The summed E-state index contributed by atoms with van der Waals surface area (Å²) >= 11 is 0. The molecule has 3 rings (SSSR count). The number of amides is 3. The number of carbonyl (C=O) groups is 2. The Bertz CT molecular complexity index is 809. The number of nitrogens with zero attached hydrogens (tertiary/aromatic N) is 1. The standard InChI is InChI=1S/C21H24FN3O3/c22-18-5-1-16(2-6-18)12-23-21(28)24-19-7-3-15(4-8-19)11-20(27)25-10-9-17(13-25)14-26/h1-8,17,26H,9-14H2,(H2,23,24,28). The van der Waals surface area contributed by atoms with Crippen LogP contribution < -0.4 is 10.6 Å². The first-order valence-corrected chi connectivity index (χ1v) is 9.30. The minimum absolute atomic E-state index is 0.0497. The number of aliphatic hydroxyl groups is 1. The van der Waals surface area contributed by atoms with Gasteiger partial charge >= 0.3 is 6.03 Å². The SMILES string of the molecule is O=C(NCc1ccc(F)cc1)Nc1ccc(CC(=O)N2CCC(CO)C2)cc1. The first-order valence-electron chi connectivity index (χ1n) is 9.30. The van der Waals surface area contributed by atoms with Crippen LogP contribution in [0, 0.1) is 11.7 Å². The second-order valence-electron chi connectivity index (χ2n) is 6.98. The molecule has 3 N–H and O–H groups in total. The van der Waals surface area contributed by atoms with Crippen LogP contribution >= 0.6 is 0 Å². The van der Waals surface area contributed by atoms with Crippen molar-refractivity contribution >= 4 is 17.6 Å². The monoisotopic (exact) mass is 385 g/mol. The van der Waals surface area contributed by atoms with Crippen molar-refractivity contribution < 1.29 is 19.1 Å². The maximum Gasteiger partial charge on any atom is 0.319 e. The molecule has 148 valence electrons. The predicted octanol–water partition coefficient (Wildman–Crippen LogP) is 2.53. The number of nitrogens with one attached hydrogen (secondary N) is 2. The zero-order chi connectivity index (χ0) is 19.9. The molecule has 7 heteroatoms. The highest BCUT2D eigenvalue weighted by Crippen LogP contribution is 2.17. The van der Waals surface area contributed by atoms with Crippen molar-refractivity contribution in [3.8, 4) is 0 Å². The predicted molar refractivity (Wildman–Crippen MR) is 104 cm³/mol. The molecule has 1 unspecified atom stereocenters. The normalized spacial score (nSPS) is 16.1. The van der Waals surface area contributed by atoms with Gasteiger partial charge in [-0.15, -0.1) is 0 Å². The number of likely N-dealkylation sites (tertiary alicyclic amines) is 1. The molecule has 2 aromatic carbocycles. The Hall–Kier alpha value is -2.93. The van der Waals surface area contributed by atoms with Gasteiger partial charge < -0.3 is 20.6 Å². The zero-order valence-corrected chi connectivity index (χ0v) is 15.5. The molecule has 0 aromatic heterocycles. The number of rotatable bonds is 6. The quantitative estimate of drug-likeness (QED) is 0.715. The van der Waals surface area contributed by atoms with Crippen LogP contribution in [0.25, 0.3) is 0 Å². The second kappa shape index (κ2) is 9.32. The van der Waals surface area contributed by atoms with Crippen molar-refractivity contribution in [1.29, 1.82) is 0 Å². The highest BCUT2D eigenvalue weighted by molar-refractivity contribution is 5.89. The molecule has 1 heterocycles. The fourth-order valence-electron chi connectivity index (χ4n) is 3.16. The van der Waals surface area contributed by atoms with E-state index in [4.69, 9.17) is 0 Å². The van der Waals surface area contributed by atoms with E-state index in [9.17, 15) is 19.1 Å². The van der Waals surface area contributed by atoms with Crippen molar-refractivity contribution in [3.05, 3.63) is 65.5 Å². The third-order valence-corrected chi connectivity index (χ3v) is 4.83. The number of anilines is 1. The lowest BCUT2D eigenvalue weighted by Crippen LogP contribution is -2.30. The summed E-state index contributed by atoms with van der Waals surface area (Å²) in [5.74, 6) is -0.0811. The third kappa shape index (κ3) is 5.53. The van der Waals surface area contributed by atoms with Crippen molar-refractivity contribution in [2.75, 3.05) is 25.0 Å². The van der Waals surface area contributed by atoms with Crippen LogP contribution in [0.3, 0.4) is 0 Å². The number of hydrogen-bond donors (Lipinski definition) is 3. The van der Waals surface area contributed by atoms with E-state index in [1.807, 2.05) is 12.1 Å². The van der Waals surface area contributed by atoms with Gasteiger partial charge in [0.15, 0.2) is 0 Å². The third-order valence-electron chi connectivity index (χ3n) is 4.83. The van der Waals surface area contributed by atoms with E-state index in [1.54, 1.807) is 29.2 Å². The number of aliphatic hydroxyl groups excluding tert-OH is 1. The van der Waals surface area contributed by atoms with Crippen LogP contribution in [0.4, 0.5) is 14.9 Å². The Morgan fingerprint density at radius 1 is 1.07 bits per heavy atom. The molecule has 2 aromatic rings. The average Bonchev–Trinajstić information content (AvgIpc) is 3.18. The van der Waals surface area contributed by atoms with Crippen LogP contribution in [-0.2, 0) is 17.8 Å². The van der Waals surface area contributed by atoms with Crippen LogP contribution in [-0.4, -0.2) is 41.6 Å². The lowest BCUT2D eigenvalue weighted by Gasteiger charge is -2.16. The molecule has 0 radical (unpaired) electrons. The maximum absolute atomic E-state index is 12.9. The van der Waals surface area contributed by atoms with E-state index in [-0.39, 0.29) is 30.3 Å². The van der Waals surface area contributed by atoms with Gasteiger partial charge in [-0.2, -0.15) is 0 Å². The van der Waals surface area contributed by atoms with Gasteiger partial charge in [0.1, 0.15) is 5.82 Å². The van der Waals surface area contributed by atoms with E-state index < -0.39 is 0 Å². The zero-order valence-electron chi connectivity index (χ0n) is 15.5. The fraction of sp³-hybridized carbons (Fsp3) is 0.333. The molecule has 1 aliphatic heterocycles. The van der Waals surface area contributed by atoms with Crippen molar-refractivity contribution in [2.24, 2.45) is 5.92 Å². The van der Waals surface area contributed by atoms with Crippen molar-refractivity contribution in [1.82, 2.24) is 10.2 Å². The van der Waals surface area contributed by atoms with E-state index in [2.05, 4.69) is 10.6 Å². The molecule has 1 aliphatic rings. The molecule has 3 amide bonds. The Morgan fingerprint density at radius 3 is 2.39 bits per heavy atom. The number of urea groups is 1. The van der Waals surface area contributed by atoms with Gasteiger partial charge in [-0.05, 0) is 41.8 Å². The summed E-state index contributed by atoms with van der Waals surface area (Å²) in [6.07, 6.45) is 1.15. The summed E-state index contributed by atoms with van der Waals surface area (Å²) < 4.78 is 12.9. The topological polar surface area (TPSA) is 81.7 Å². The first kappa shape index (κ1) is 19.8. The number of hydrogen-bond acceptors (Lipinski definition) is 3. The molecule has 28 heavy (non-hydrogen) atoms. The minimum atomic E-state index is -0.361. The molecule has 0 aliphatic carbocycles. The summed E-state index contributed by atoms with van der Waals surface area (Å²) in [6.45, 7) is 1.72. The molecule has 1 atom stereocenters. The molecule has 0 saturated carbocycles. The van der Waals surface area contributed by atoms with Crippen LogP contribution in [0.2, 0.25) is 0 Å². The molecule has 1 saturated heterocycles. The van der Waals surface area contributed by atoms with E-state index >= 15 is 0 Å². The number of halogens is 1. The number of carbonyl (C=O) groups excluding carboxylic acids is 2. The highest BCUT2D eigenvalue weighted by atomic mass is 19.1. The Balaban J connectivity index is 1.45. The minimum Gasteiger partial charge on any atom is -0.396 e. The lowest BCUT2D eigenvalue weighted by atomic mass is 10.1. The number of benzene rings is 2. The second-order valence-corrected chi connectivity index (χ2v) is 6.98. The highest BCUT2D eigenvalue weighted by Gasteiger charge is 2.25. The summed E-state index contributed by atoms with van der Waals surface area (Å²) in [4.78, 5) is 26.1. The molecule has 6 nitrogen and oxygen atoms in total. The maximum atomic E-state index is 12.9. The lowest BCUT2D eigenvalue weighted by molar-refractivity contribution is -0.129. The van der Waals surface area contributed by atoms with Gasteiger partial charge in [0.05, 0.1) is 6.42 Å². The largest absolute Gasteiger partial charge is 0.396 e. The smallest absolute Gasteiger partial charge is 0.319 e. The van der Waals surface area contributed by atoms with E-state index in [0.717, 1.165) is 17.5 Å².